The van der Waals surface area contributed by atoms with Crippen LogP contribution in [-0.2, 0) is 19.5 Å². The van der Waals surface area contributed by atoms with E-state index >= 15 is 0 Å². The molecule has 0 unspecified atom stereocenters. The largest absolute Gasteiger partial charge is 0.418 e. The lowest BCUT2D eigenvalue weighted by molar-refractivity contribution is -0.137. The van der Waals surface area contributed by atoms with Gasteiger partial charge in [-0.25, -0.2) is 4.79 Å². The summed E-state index contributed by atoms with van der Waals surface area (Å²) in [7, 11) is -4.77. The molecule has 3 saturated heterocycles. The first-order valence-electron chi connectivity index (χ1n) is 7.57. The van der Waals surface area contributed by atoms with Crippen LogP contribution in [0.2, 0.25) is 0 Å². The summed E-state index contributed by atoms with van der Waals surface area (Å²) in [5, 5.41) is 0.648. The quantitative estimate of drug-likeness (QED) is 0.621. The Morgan fingerprint density at radius 2 is 1.87 bits per heavy atom. The van der Waals surface area contributed by atoms with E-state index in [2.05, 4.69) is 4.28 Å². The van der Waals surface area contributed by atoms with Crippen LogP contribution in [0.3, 0.4) is 0 Å². The second kappa shape index (κ2) is 5.89. The molecule has 3 aliphatic heterocycles. The molecule has 3 amide bonds. The Kier molecular flexibility index (Phi) is 4.21. The van der Waals surface area contributed by atoms with E-state index in [1.54, 1.807) is 4.90 Å². The number of hydrogen-bond acceptors (Lipinski definition) is 6. The SMILES string of the molecule is NC1CCN(C(=O)[C@@H]2CC[C@@H]3CN2C(=O)N3OS(=O)(=O)O)CC1. The predicted octanol–water partition coefficient (Wildman–Crippen LogP) is -1.06. The maximum absolute atomic E-state index is 12.6. The fraction of sp³-hybridized carbons (Fsp3) is 0.833. The van der Waals surface area contributed by atoms with Gasteiger partial charge in [0, 0.05) is 25.7 Å². The molecule has 0 spiro atoms. The summed E-state index contributed by atoms with van der Waals surface area (Å²) >= 11 is 0. The monoisotopic (exact) mass is 348 g/mol. The maximum atomic E-state index is 12.6. The van der Waals surface area contributed by atoms with Crippen LogP contribution in [0.4, 0.5) is 4.79 Å². The van der Waals surface area contributed by atoms with Gasteiger partial charge in [0.25, 0.3) is 0 Å². The highest BCUT2D eigenvalue weighted by molar-refractivity contribution is 7.80. The number of hydrogen-bond donors (Lipinski definition) is 2. The Morgan fingerprint density at radius 3 is 2.48 bits per heavy atom. The van der Waals surface area contributed by atoms with Crippen molar-refractivity contribution < 1.29 is 26.8 Å². The van der Waals surface area contributed by atoms with Gasteiger partial charge < -0.3 is 15.5 Å². The Balaban J connectivity index is 1.70. The third kappa shape index (κ3) is 3.27. The van der Waals surface area contributed by atoms with Crippen molar-refractivity contribution >= 4 is 22.3 Å². The average Bonchev–Trinajstić information content (AvgIpc) is 2.71. The van der Waals surface area contributed by atoms with Gasteiger partial charge in [-0.15, -0.1) is 4.28 Å². The second-order valence-electron chi connectivity index (χ2n) is 6.17. The van der Waals surface area contributed by atoms with Crippen molar-refractivity contribution in [3.63, 3.8) is 0 Å². The molecule has 0 aromatic rings. The van der Waals surface area contributed by atoms with Gasteiger partial charge in [0.2, 0.25) is 5.91 Å². The number of urea groups is 1. The maximum Gasteiger partial charge on any atom is 0.418 e. The molecule has 3 heterocycles. The number of carbonyl (C=O) groups excluding carboxylic acids is 2. The molecule has 10 nitrogen and oxygen atoms in total. The molecule has 3 N–H and O–H groups in total. The Morgan fingerprint density at radius 1 is 1.22 bits per heavy atom. The zero-order valence-corrected chi connectivity index (χ0v) is 13.3. The highest BCUT2D eigenvalue weighted by Crippen LogP contribution is 2.31. The van der Waals surface area contributed by atoms with Crippen molar-refractivity contribution in [2.45, 2.75) is 43.8 Å². The molecule has 0 saturated carbocycles. The predicted molar refractivity (Wildman–Crippen MR) is 77.2 cm³/mol. The molecule has 2 bridgehead atoms. The van der Waals surface area contributed by atoms with Crippen molar-refractivity contribution in [1.82, 2.24) is 14.9 Å². The molecule has 3 rings (SSSR count). The van der Waals surface area contributed by atoms with Crippen LogP contribution >= 0.6 is 0 Å². The number of nitrogens with zero attached hydrogens (tertiary/aromatic N) is 3. The van der Waals surface area contributed by atoms with Gasteiger partial charge in [-0.05, 0) is 25.7 Å². The van der Waals surface area contributed by atoms with Crippen molar-refractivity contribution in [3.8, 4) is 0 Å². The van der Waals surface area contributed by atoms with E-state index in [-0.39, 0.29) is 18.5 Å². The van der Waals surface area contributed by atoms with Crippen molar-refractivity contribution in [2.75, 3.05) is 19.6 Å². The third-order valence-corrected chi connectivity index (χ3v) is 4.98. The van der Waals surface area contributed by atoms with Crippen LogP contribution in [0.1, 0.15) is 25.7 Å². The summed E-state index contributed by atoms with van der Waals surface area (Å²) in [6, 6.07) is -1.72. The fourth-order valence-corrected chi connectivity index (χ4v) is 3.81. The van der Waals surface area contributed by atoms with Gasteiger partial charge in [0.1, 0.15) is 6.04 Å². The molecule has 0 radical (unpaired) electrons. The molecular formula is C12H20N4O6S. The van der Waals surface area contributed by atoms with E-state index in [1.165, 1.54) is 4.90 Å². The van der Waals surface area contributed by atoms with Gasteiger partial charge in [0.05, 0.1) is 6.04 Å². The lowest BCUT2D eigenvalue weighted by Crippen LogP contribution is -2.53. The number of hydroxylamine groups is 2. The highest BCUT2D eigenvalue weighted by atomic mass is 32.3. The minimum Gasteiger partial charge on any atom is -0.341 e. The zero-order chi connectivity index (χ0) is 16.8. The summed E-state index contributed by atoms with van der Waals surface area (Å²) in [4.78, 5) is 27.9. The number of fused-ring (bicyclic) bond motifs is 2. The number of likely N-dealkylation sites (tertiary alicyclic amines) is 1. The number of piperidine rings is 2. The van der Waals surface area contributed by atoms with Crippen molar-refractivity contribution in [1.29, 1.82) is 0 Å². The minimum absolute atomic E-state index is 0.0989. The topological polar surface area (TPSA) is 133 Å². The summed E-state index contributed by atoms with van der Waals surface area (Å²) in [6.45, 7) is 1.33. The Hall–Kier alpha value is -1.43. The smallest absolute Gasteiger partial charge is 0.341 e. The first-order chi connectivity index (χ1) is 10.8. The van der Waals surface area contributed by atoms with E-state index in [4.69, 9.17) is 10.3 Å². The van der Waals surface area contributed by atoms with Crippen LogP contribution in [0, 0.1) is 0 Å². The number of carbonyl (C=O) groups is 2. The molecule has 23 heavy (non-hydrogen) atoms. The van der Waals surface area contributed by atoms with E-state index in [0.717, 1.165) is 12.8 Å². The summed E-state index contributed by atoms with van der Waals surface area (Å²) < 4.78 is 34.8. The van der Waals surface area contributed by atoms with Crippen LogP contribution in [-0.4, -0.2) is 77.5 Å². The first-order valence-corrected chi connectivity index (χ1v) is 8.94. The normalized spacial score (nSPS) is 29.3. The molecule has 3 aliphatic rings. The molecule has 2 atom stereocenters. The van der Waals surface area contributed by atoms with Crippen LogP contribution in [0.15, 0.2) is 0 Å². The number of nitrogens with two attached hydrogens (primary N) is 1. The van der Waals surface area contributed by atoms with Crippen LogP contribution < -0.4 is 5.73 Å². The number of amides is 3. The van der Waals surface area contributed by atoms with E-state index in [0.29, 0.717) is 31.0 Å². The molecule has 0 aromatic heterocycles. The third-order valence-electron chi connectivity index (χ3n) is 4.63. The van der Waals surface area contributed by atoms with E-state index in [9.17, 15) is 18.0 Å². The molecule has 11 heteroatoms. The number of rotatable bonds is 3. The fourth-order valence-electron chi connectivity index (χ4n) is 3.42. The van der Waals surface area contributed by atoms with Gasteiger partial charge in [-0.3, -0.25) is 9.35 Å². The molecule has 3 fully saturated rings. The van der Waals surface area contributed by atoms with Crippen molar-refractivity contribution in [2.24, 2.45) is 5.73 Å². The van der Waals surface area contributed by atoms with E-state index in [1.807, 2.05) is 0 Å². The average molecular weight is 348 g/mol. The Bertz CT molecular complexity index is 603. The Labute approximate surface area is 134 Å². The summed E-state index contributed by atoms with van der Waals surface area (Å²) in [5.74, 6) is -0.141. The zero-order valence-electron chi connectivity index (χ0n) is 12.5. The van der Waals surface area contributed by atoms with Gasteiger partial charge in [-0.2, -0.15) is 13.5 Å². The van der Waals surface area contributed by atoms with Gasteiger partial charge in [0.15, 0.2) is 0 Å². The summed E-state index contributed by atoms with van der Waals surface area (Å²) in [6.07, 6.45) is 2.32. The first kappa shape index (κ1) is 16.4. The molecule has 130 valence electrons. The lowest BCUT2D eigenvalue weighted by Gasteiger charge is -2.36. The minimum atomic E-state index is -4.77. The van der Waals surface area contributed by atoms with Gasteiger partial charge >= 0.3 is 16.4 Å². The molecule has 0 aromatic carbocycles. The summed E-state index contributed by atoms with van der Waals surface area (Å²) in [5.41, 5.74) is 5.83. The molecular weight excluding hydrogens is 328 g/mol. The standard InChI is InChI=1S/C12H20N4O6S/c13-8-3-5-14(6-4-8)11(17)10-2-1-9-7-15(10)12(18)16(9)22-23(19,20)21/h8-10H,1-7,13H2,(H,19,20,21)/t9-,10+/m1/s1. The van der Waals surface area contributed by atoms with Gasteiger partial charge in [-0.1, -0.05) is 0 Å². The van der Waals surface area contributed by atoms with Crippen molar-refractivity contribution in [3.05, 3.63) is 0 Å². The van der Waals surface area contributed by atoms with Crippen LogP contribution in [0.25, 0.3) is 0 Å². The van der Waals surface area contributed by atoms with Crippen LogP contribution in [0.5, 0.6) is 0 Å². The lowest BCUT2D eigenvalue weighted by atomic mass is 9.98. The van der Waals surface area contributed by atoms with E-state index < -0.39 is 28.5 Å². The second-order valence-corrected chi connectivity index (χ2v) is 7.18. The molecule has 0 aliphatic carbocycles. The highest BCUT2D eigenvalue weighted by Gasteiger charge is 2.50.